The highest BCUT2D eigenvalue weighted by Crippen LogP contribution is 2.27. The van der Waals surface area contributed by atoms with Crippen LogP contribution in [0.25, 0.3) is 10.9 Å². The number of aromatic nitrogens is 2. The first-order valence-electron chi connectivity index (χ1n) is 9.24. The number of aryl methyl sites for hydroxylation is 2. The monoisotopic (exact) mass is 440 g/mol. The summed E-state index contributed by atoms with van der Waals surface area (Å²) in [4.78, 5) is 32.7. The number of pyridine rings is 1. The smallest absolute Gasteiger partial charge is 0.311 e. The van der Waals surface area contributed by atoms with Crippen molar-refractivity contribution in [3.63, 3.8) is 0 Å². The van der Waals surface area contributed by atoms with Crippen LogP contribution in [0.5, 0.6) is 0 Å². The number of thioether (sulfide) groups is 1. The van der Waals surface area contributed by atoms with Gasteiger partial charge >= 0.3 is 5.97 Å². The summed E-state index contributed by atoms with van der Waals surface area (Å²) in [6.45, 7) is 6.04. The third kappa shape index (κ3) is 5.34. The molecule has 0 fully saturated rings. The van der Waals surface area contributed by atoms with Gasteiger partial charge in [-0.15, -0.1) is 11.3 Å². The zero-order valence-corrected chi connectivity index (χ0v) is 18.4. The molecular formula is C21H20N4O3S2. The van der Waals surface area contributed by atoms with Gasteiger partial charge in [0.2, 0.25) is 5.91 Å². The molecule has 7 nitrogen and oxygen atoms in total. The number of amides is 1. The Balaban J connectivity index is 1.66. The van der Waals surface area contributed by atoms with E-state index in [1.165, 1.54) is 23.1 Å². The number of esters is 1. The van der Waals surface area contributed by atoms with Crippen molar-refractivity contribution in [3.05, 3.63) is 46.0 Å². The fraction of sp³-hybridized carbons (Fsp3) is 0.286. The summed E-state index contributed by atoms with van der Waals surface area (Å²) >= 11 is 2.45. The minimum Gasteiger partial charge on any atom is -0.466 e. The fourth-order valence-electron chi connectivity index (χ4n) is 2.90. The molecule has 9 heteroatoms. The van der Waals surface area contributed by atoms with Gasteiger partial charge in [0, 0.05) is 10.8 Å². The van der Waals surface area contributed by atoms with Crippen LogP contribution in [-0.4, -0.2) is 34.2 Å². The summed E-state index contributed by atoms with van der Waals surface area (Å²) in [6, 6.07) is 8.00. The van der Waals surface area contributed by atoms with Crippen molar-refractivity contribution in [1.29, 1.82) is 5.26 Å². The Labute approximate surface area is 182 Å². The minimum atomic E-state index is -0.354. The van der Waals surface area contributed by atoms with Crippen LogP contribution in [-0.2, 0) is 20.7 Å². The summed E-state index contributed by atoms with van der Waals surface area (Å²) in [7, 11) is 0. The lowest BCUT2D eigenvalue weighted by Crippen LogP contribution is -2.14. The highest BCUT2D eigenvalue weighted by molar-refractivity contribution is 8.00. The highest BCUT2D eigenvalue weighted by atomic mass is 32.2. The Hall–Kier alpha value is -2.96. The Bertz CT molecular complexity index is 1150. The summed E-state index contributed by atoms with van der Waals surface area (Å²) < 4.78 is 4.89. The second-order valence-electron chi connectivity index (χ2n) is 6.56. The number of rotatable bonds is 7. The van der Waals surface area contributed by atoms with Crippen LogP contribution in [0.15, 0.2) is 28.6 Å². The topological polar surface area (TPSA) is 105 Å². The van der Waals surface area contributed by atoms with Gasteiger partial charge in [0.05, 0.1) is 35.6 Å². The molecule has 0 unspecified atom stereocenters. The molecule has 0 spiro atoms. The molecule has 2 heterocycles. The van der Waals surface area contributed by atoms with E-state index in [0.29, 0.717) is 28.0 Å². The van der Waals surface area contributed by atoms with Crippen LogP contribution in [0.1, 0.15) is 29.3 Å². The lowest BCUT2D eigenvalue weighted by molar-refractivity contribution is -0.142. The predicted octanol–water partition coefficient (Wildman–Crippen LogP) is 4.02. The molecule has 2 aromatic heterocycles. The van der Waals surface area contributed by atoms with Crippen LogP contribution in [0, 0.1) is 25.2 Å². The quantitative estimate of drug-likeness (QED) is 0.437. The molecule has 0 atom stereocenters. The van der Waals surface area contributed by atoms with Gasteiger partial charge in [0.25, 0.3) is 0 Å². The minimum absolute atomic E-state index is 0.0698. The van der Waals surface area contributed by atoms with E-state index < -0.39 is 0 Å². The van der Waals surface area contributed by atoms with E-state index in [0.717, 1.165) is 22.0 Å². The molecule has 0 saturated heterocycles. The number of nitrogens with zero attached hydrogens (tertiary/aromatic N) is 3. The van der Waals surface area contributed by atoms with Crippen LogP contribution in [0.4, 0.5) is 5.13 Å². The number of hydrogen-bond donors (Lipinski definition) is 1. The number of ether oxygens (including phenoxy) is 1. The lowest BCUT2D eigenvalue weighted by Gasteiger charge is -2.08. The second-order valence-corrected chi connectivity index (χ2v) is 8.39. The summed E-state index contributed by atoms with van der Waals surface area (Å²) in [5.41, 5.74) is 3.95. The summed E-state index contributed by atoms with van der Waals surface area (Å²) in [5.74, 6) is -0.526. The van der Waals surface area contributed by atoms with E-state index in [9.17, 15) is 14.9 Å². The lowest BCUT2D eigenvalue weighted by atomic mass is 10.1. The van der Waals surface area contributed by atoms with Gasteiger partial charge in [-0.3, -0.25) is 9.59 Å². The van der Waals surface area contributed by atoms with Gasteiger partial charge < -0.3 is 10.1 Å². The SMILES string of the molecule is CCOC(=O)Cc1csc(NC(=O)CSc2nc3cc(C)cc(C)c3cc2C#N)n1. The Morgan fingerprint density at radius 2 is 2.07 bits per heavy atom. The molecule has 0 aliphatic carbocycles. The normalized spacial score (nSPS) is 10.6. The zero-order chi connectivity index (χ0) is 21.7. The number of carbonyl (C=O) groups is 2. The number of thiazole rings is 1. The predicted molar refractivity (Wildman–Crippen MR) is 118 cm³/mol. The Morgan fingerprint density at radius 1 is 1.27 bits per heavy atom. The summed E-state index contributed by atoms with van der Waals surface area (Å²) in [6.07, 6.45) is 0.0698. The molecular weight excluding hydrogens is 420 g/mol. The first-order valence-corrected chi connectivity index (χ1v) is 11.1. The zero-order valence-electron chi connectivity index (χ0n) is 16.8. The van der Waals surface area contributed by atoms with Crippen molar-refractivity contribution in [2.24, 2.45) is 0 Å². The standard InChI is InChI=1S/C21H20N4O3S2/c1-4-28-19(27)8-15-10-30-21(23-15)25-18(26)11-29-20-14(9-22)7-16-13(3)5-12(2)6-17(16)24-20/h5-7,10H,4,8,11H2,1-3H3,(H,23,25,26). The van der Waals surface area contributed by atoms with Crippen molar-refractivity contribution in [1.82, 2.24) is 9.97 Å². The molecule has 3 rings (SSSR count). The van der Waals surface area contributed by atoms with Crippen LogP contribution in [0.2, 0.25) is 0 Å². The molecule has 0 aliphatic rings. The molecule has 154 valence electrons. The molecule has 0 aliphatic heterocycles. The number of carbonyl (C=O) groups excluding carboxylic acids is 2. The third-order valence-electron chi connectivity index (χ3n) is 4.14. The number of nitrogens with one attached hydrogen (secondary N) is 1. The maximum atomic E-state index is 12.3. The van der Waals surface area contributed by atoms with E-state index in [1.54, 1.807) is 12.3 Å². The van der Waals surface area contributed by atoms with Gasteiger partial charge in [-0.25, -0.2) is 9.97 Å². The van der Waals surface area contributed by atoms with Crippen LogP contribution < -0.4 is 5.32 Å². The first-order chi connectivity index (χ1) is 14.4. The number of nitriles is 1. The molecule has 1 aromatic carbocycles. The molecule has 0 saturated carbocycles. The number of anilines is 1. The molecule has 3 aromatic rings. The van der Waals surface area contributed by atoms with Crippen molar-refractivity contribution in [2.45, 2.75) is 32.2 Å². The molecule has 0 bridgehead atoms. The fourth-order valence-corrected chi connectivity index (χ4v) is 4.39. The van der Waals surface area contributed by atoms with Crippen molar-refractivity contribution < 1.29 is 14.3 Å². The average Bonchev–Trinajstić information content (AvgIpc) is 3.12. The van der Waals surface area contributed by atoms with Gasteiger partial charge in [-0.1, -0.05) is 17.8 Å². The van der Waals surface area contributed by atoms with Crippen LogP contribution >= 0.6 is 23.1 Å². The molecule has 1 amide bonds. The highest BCUT2D eigenvalue weighted by Gasteiger charge is 2.14. The number of fused-ring (bicyclic) bond motifs is 1. The van der Waals surface area contributed by atoms with E-state index in [2.05, 4.69) is 27.4 Å². The van der Waals surface area contributed by atoms with Gasteiger partial charge in [0.15, 0.2) is 5.13 Å². The van der Waals surface area contributed by atoms with Gasteiger partial charge in [0.1, 0.15) is 11.1 Å². The average molecular weight is 441 g/mol. The first kappa shape index (κ1) is 21.7. The van der Waals surface area contributed by atoms with E-state index in [1.807, 2.05) is 26.0 Å². The van der Waals surface area contributed by atoms with Gasteiger partial charge in [-0.05, 0) is 44.0 Å². The maximum absolute atomic E-state index is 12.3. The van der Waals surface area contributed by atoms with Crippen molar-refractivity contribution >= 4 is 51.0 Å². The molecule has 30 heavy (non-hydrogen) atoms. The molecule has 1 N–H and O–H groups in total. The van der Waals surface area contributed by atoms with Crippen LogP contribution in [0.3, 0.4) is 0 Å². The number of benzene rings is 1. The Kier molecular flexibility index (Phi) is 7.03. The van der Waals surface area contributed by atoms with Gasteiger partial charge in [-0.2, -0.15) is 5.26 Å². The number of hydrogen-bond acceptors (Lipinski definition) is 8. The largest absolute Gasteiger partial charge is 0.466 e. The van der Waals surface area contributed by atoms with E-state index in [-0.39, 0.29) is 24.1 Å². The maximum Gasteiger partial charge on any atom is 0.311 e. The Morgan fingerprint density at radius 3 is 2.80 bits per heavy atom. The second kappa shape index (κ2) is 9.69. The molecule has 0 radical (unpaired) electrons. The summed E-state index contributed by atoms with van der Waals surface area (Å²) in [5, 5.41) is 15.8. The van der Waals surface area contributed by atoms with Crippen molar-refractivity contribution in [3.8, 4) is 6.07 Å². The van der Waals surface area contributed by atoms with E-state index >= 15 is 0 Å². The van der Waals surface area contributed by atoms with E-state index in [4.69, 9.17) is 4.74 Å². The van der Waals surface area contributed by atoms with Crippen molar-refractivity contribution in [2.75, 3.05) is 17.7 Å². The third-order valence-corrected chi connectivity index (χ3v) is 5.94.